The molecule has 0 saturated carbocycles. The average Bonchev–Trinajstić information content (AvgIpc) is 2.62. The lowest BCUT2D eigenvalue weighted by atomic mass is 10.1. The van der Waals surface area contributed by atoms with Crippen LogP contribution >= 0.6 is 0 Å². The highest BCUT2D eigenvalue weighted by molar-refractivity contribution is 6.07. The lowest BCUT2D eigenvalue weighted by Gasteiger charge is -2.15. The first-order valence-electron chi connectivity index (χ1n) is 8.26. The first-order valence-corrected chi connectivity index (χ1v) is 8.26. The largest absolute Gasteiger partial charge is 0.489 e. The molecule has 2 aromatic carbocycles. The van der Waals surface area contributed by atoms with E-state index in [0.29, 0.717) is 28.2 Å². The Balaban J connectivity index is 1.86. The highest BCUT2D eigenvalue weighted by Crippen LogP contribution is 2.26. The SMILES string of the molecule is CC(C)Oc1ccccc1NC(=O)c1ccc2nc(C(=N)N)ccc2c1. The van der Waals surface area contributed by atoms with E-state index in [1.165, 1.54) is 0 Å². The van der Waals surface area contributed by atoms with Crippen LogP contribution in [0.2, 0.25) is 0 Å². The first kappa shape index (κ1) is 17.4. The molecular weight excluding hydrogens is 328 g/mol. The van der Waals surface area contributed by atoms with E-state index in [2.05, 4.69) is 10.3 Å². The van der Waals surface area contributed by atoms with Crippen LogP contribution in [0.15, 0.2) is 54.6 Å². The number of ether oxygens (including phenoxy) is 1. The van der Waals surface area contributed by atoms with E-state index in [-0.39, 0.29) is 17.8 Å². The fraction of sp³-hybridized carbons (Fsp3) is 0.150. The molecule has 0 bridgehead atoms. The quantitative estimate of drug-likeness (QED) is 0.485. The lowest BCUT2D eigenvalue weighted by Crippen LogP contribution is -2.15. The number of amides is 1. The number of benzene rings is 2. The summed E-state index contributed by atoms with van der Waals surface area (Å²) in [4.78, 5) is 16.9. The van der Waals surface area contributed by atoms with Crippen LogP contribution in [-0.2, 0) is 0 Å². The van der Waals surface area contributed by atoms with Crippen molar-refractivity contribution in [1.29, 1.82) is 5.41 Å². The Kier molecular flexibility index (Phi) is 4.84. The number of carbonyl (C=O) groups is 1. The Bertz CT molecular complexity index is 982. The zero-order valence-corrected chi connectivity index (χ0v) is 14.6. The van der Waals surface area contributed by atoms with E-state index in [0.717, 1.165) is 5.39 Å². The number of fused-ring (bicyclic) bond motifs is 1. The number of aromatic nitrogens is 1. The minimum absolute atomic E-state index is 0.00951. The summed E-state index contributed by atoms with van der Waals surface area (Å²) in [5.41, 5.74) is 7.68. The number of rotatable bonds is 5. The zero-order chi connectivity index (χ0) is 18.7. The molecule has 0 atom stereocenters. The Labute approximate surface area is 151 Å². The molecule has 0 radical (unpaired) electrons. The van der Waals surface area contributed by atoms with Crippen molar-refractivity contribution in [2.75, 3.05) is 5.32 Å². The van der Waals surface area contributed by atoms with Gasteiger partial charge in [-0.25, -0.2) is 4.98 Å². The predicted octanol–water partition coefficient (Wildman–Crippen LogP) is 3.56. The second-order valence-electron chi connectivity index (χ2n) is 6.13. The molecule has 6 heteroatoms. The van der Waals surface area contributed by atoms with Crippen molar-refractivity contribution in [3.05, 3.63) is 65.9 Å². The number of nitrogen functional groups attached to an aromatic ring is 1. The van der Waals surface area contributed by atoms with Gasteiger partial charge in [-0.1, -0.05) is 18.2 Å². The number of pyridine rings is 1. The summed E-state index contributed by atoms with van der Waals surface area (Å²) in [5, 5.41) is 11.1. The monoisotopic (exact) mass is 348 g/mol. The molecule has 0 fully saturated rings. The smallest absolute Gasteiger partial charge is 0.255 e. The predicted molar refractivity (Wildman–Crippen MR) is 103 cm³/mol. The number of anilines is 1. The third kappa shape index (κ3) is 3.80. The van der Waals surface area contributed by atoms with Crippen LogP contribution in [0, 0.1) is 5.41 Å². The second kappa shape index (κ2) is 7.23. The van der Waals surface area contributed by atoms with Crippen LogP contribution in [0.3, 0.4) is 0 Å². The Hall–Kier alpha value is -3.41. The number of nitrogens with zero attached hydrogens (tertiary/aromatic N) is 1. The number of amidine groups is 1. The van der Waals surface area contributed by atoms with E-state index in [1.54, 1.807) is 36.4 Å². The maximum atomic E-state index is 12.6. The number of para-hydroxylation sites is 2. The van der Waals surface area contributed by atoms with Gasteiger partial charge >= 0.3 is 0 Å². The molecule has 1 aromatic heterocycles. The van der Waals surface area contributed by atoms with Gasteiger partial charge in [0.05, 0.1) is 17.3 Å². The lowest BCUT2D eigenvalue weighted by molar-refractivity contribution is 0.102. The standard InChI is InChI=1S/C20H20N4O2/c1-12(2)26-18-6-4-3-5-16(18)24-20(25)14-8-9-15-13(11-14)7-10-17(23-15)19(21)22/h3-12H,1-2H3,(H3,21,22)(H,24,25). The summed E-state index contributed by atoms with van der Waals surface area (Å²) >= 11 is 0. The van der Waals surface area contributed by atoms with Crippen LogP contribution in [0.4, 0.5) is 5.69 Å². The third-order valence-corrected chi connectivity index (χ3v) is 3.73. The van der Waals surface area contributed by atoms with E-state index in [1.807, 2.05) is 32.0 Å². The maximum absolute atomic E-state index is 12.6. The van der Waals surface area contributed by atoms with Crippen molar-refractivity contribution in [2.45, 2.75) is 20.0 Å². The van der Waals surface area contributed by atoms with Gasteiger partial charge in [-0.15, -0.1) is 0 Å². The molecule has 0 aliphatic carbocycles. The fourth-order valence-electron chi connectivity index (χ4n) is 2.54. The molecule has 26 heavy (non-hydrogen) atoms. The molecule has 0 aliphatic rings. The molecule has 0 unspecified atom stereocenters. The van der Waals surface area contributed by atoms with Gasteiger partial charge in [0.25, 0.3) is 5.91 Å². The van der Waals surface area contributed by atoms with Crippen molar-refractivity contribution in [3.8, 4) is 5.75 Å². The van der Waals surface area contributed by atoms with E-state index in [9.17, 15) is 4.79 Å². The van der Waals surface area contributed by atoms with E-state index >= 15 is 0 Å². The van der Waals surface area contributed by atoms with Gasteiger partial charge in [0, 0.05) is 10.9 Å². The minimum Gasteiger partial charge on any atom is -0.489 e. The molecule has 0 spiro atoms. The van der Waals surface area contributed by atoms with Crippen LogP contribution < -0.4 is 15.8 Å². The molecule has 3 rings (SSSR count). The highest BCUT2D eigenvalue weighted by Gasteiger charge is 2.12. The van der Waals surface area contributed by atoms with E-state index in [4.69, 9.17) is 15.9 Å². The van der Waals surface area contributed by atoms with Crippen molar-refractivity contribution < 1.29 is 9.53 Å². The van der Waals surface area contributed by atoms with Crippen molar-refractivity contribution in [1.82, 2.24) is 4.98 Å². The van der Waals surface area contributed by atoms with Gasteiger partial charge in [-0.05, 0) is 50.2 Å². The third-order valence-electron chi connectivity index (χ3n) is 3.73. The van der Waals surface area contributed by atoms with Crippen molar-refractivity contribution in [2.24, 2.45) is 5.73 Å². The summed E-state index contributed by atoms with van der Waals surface area (Å²) in [7, 11) is 0. The first-order chi connectivity index (χ1) is 12.4. The summed E-state index contributed by atoms with van der Waals surface area (Å²) < 4.78 is 5.73. The van der Waals surface area contributed by atoms with Gasteiger partial charge in [0.1, 0.15) is 17.3 Å². The summed E-state index contributed by atoms with van der Waals surface area (Å²) in [6.45, 7) is 3.87. The number of nitrogens with two attached hydrogens (primary N) is 1. The maximum Gasteiger partial charge on any atom is 0.255 e. The molecule has 4 N–H and O–H groups in total. The average molecular weight is 348 g/mol. The van der Waals surface area contributed by atoms with Crippen LogP contribution in [0.5, 0.6) is 5.75 Å². The molecule has 0 saturated heterocycles. The molecule has 0 aliphatic heterocycles. The normalized spacial score (nSPS) is 10.7. The minimum atomic E-state index is -0.234. The molecule has 6 nitrogen and oxygen atoms in total. The Morgan fingerprint density at radius 1 is 1.15 bits per heavy atom. The van der Waals surface area contributed by atoms with Crippen LogP contribution in [-0.4, -0.2) is 22.8 Å². The topological polar surface area (TPSA) is 101 Å². The summed E-state index contributed by atoms with van der Waals surface area (Å²) in [6, 6.07) is 16.0. The molecule has 3 aromatic rings. The van der Waals surface area contributed by atoms with Gasteiger partial charge < -0.3 is 15.8 Å². The molecule has 132 valence electrons. The zero-order valence-electron chi connectivity index (χ0n) is 14.6. The Morgan fingerprint density at radius 2 is 1.92 bits per heavy atom. The van der Waals surface area contributed by atoms with Crippen LogP contribution in [0.25, 0.3) is 10.9 Å². The summed E-state index contributed by atoms with van der Waals surface area (Å²) in [6.07, 6.45) is 0.00951. The van der Waals surface area contributed by atoms with Crippen molar-refractivity contribution in [3.63, 3.8) is 0 Å². The molecular formula is C20H20N4O2. The van der Waals surface area contributed by atoms with Crippen molar-refractivity contribution >= 4 is 28.3 Å². The number of nitrogens with one attached hydrogen (secondary N) is 2. The number of hydrogen-bond acceptors (Lipinski definition) is 4. The van der Waals surface area contributed by atoms with Gasteiger partial charge in [-0.2, -0.15) is 0 Å². The van der Waals surface area contributed by atoms with Gasteiger partial charge in [0.15, 0.2) is 0 Å². The van der Waals surface area contributed by atoms with Gasteiger partial charge in [0.2, 0.25) is 0 Å². The van der Waals surface area contributed by atoms with Gasteiger partial charge in [-0.3, -0.25) is 10.2 Å². The fourth-order valence-corrected chi connectivity index (χ4v) is 2.54. The number of carbonyl (C=O) groups excluding carboxylic acids is 1. The molecule has 1 amide bonds. The highest BCUT2D eigenvalue weighted by atomic mass is 16.5. The van der Waals surface area contributed by atoms with Crippen LogP contribution in [0.1, 0.15) is 29.9 Å². The summed E-state index contributed by atoms with van der Waals surface area (Å²) in [5.74, 6) is 0.308. The van der Waals surface area contributed by atoms with E-state index < -0.39 is 0 Å². The molecule has 1 heterocycles. The number of hydrogen-bond donors (Lipinski definition) is 3. The second-order valence-corrected chi connectivity index (χ2v) is 6.13. The Morgan fingerprint density at radius 3 is 2.65 bits per heavy atom.